The van der Waals surface area contributed by atoms with Gasteiger partial charge in [0.05, 0.1) is 5.69 Å². The summed E-state index contributed by atoms with van der Waals surface area (Å²) in [6.45, 7) is 9.12. The fraction of sp³-hybridized carbons (Fsp3) is 0.389. The molecule has 6 nitrogen and oxygen atoms in total. The molecule has 0 aliphatic carbocycles. The number of carbonyl (C=O) groups excluding carboxylic acids is 2. The lowest BCUT2D eigenvalue weighted by molar-refractivity contribution is -0.130. The number of benzene rings is 1. The van der Waals surface area contributed by atoms with E-state index in [1.54, 1.807) is 6.07 Å². The molecular weight excluding hydrogens is 306 g/mol. The number of amides is 1. The molecule has 128 valence electrons. The molecule has 2 N–H and O–H groups in total. The van der Waals surface area contributed by atoms with Gasteiger partial charge < -0.3 is 10.1 Å². The van der Waals surface area contributed by atoms with Crippen LogP contribution in [0.4, 0.5) is 0 Å². The van der Waals surface area contributed by atoms with Gasteiger partial charge in [0.25, 0.3) is 5.91 Å². The van der Waals surface area contributed by atoms with Gasteiger partial charge in [-0.1, -0.05) is 29.8 Å². The molecule has 0 radical (unpaired) electrons. The van der Waals surface area contributed by atoms with Crippen LogP contribution in [0.1, 0.15) is 43.7 Å². The zero-order valence-electron chi connectivity index (χ0n) is 14.6. The summed E-state index contributed by atoms with van der Waals surface area (Å²) in [4.78, 5) is 24.1. The molecule has 0 spiro atoms. The number of hydrogen-bond acceptors (Lipinski definition) is 4. The fourth-order valence-electron chi connectivity index (χ4n) is 2.05. The molecule has 1 aromatic carbocycles. The number of ether oxygens (including phenoxy) is 1. The highest BCUT2D eigenvalue weighted by Gasteiger charge is 2.24. The van der Waals surface area contributed by atoms with Gasteiger partial charge >= 0.3 is 5.97 Å². The third kappa shape index (κ3) is 4.68. The van der Waals surface area contributed by atoms with E-state index in [-0.39, 0.29) is 17.1 Å². The van der Waals surface area contributed by atoms with Gasteiger partial charge in [0, 0.05) is 5.54 Å². The van der Waals surface area contributed by atoms with Crippen molar-refractivity contribution in [2.24, 2.45) is 0 Å². The lowest BCUT2D eigenvalue weighted by Crippen LogP contribution is -2.46. The first-order valence-electron chi connectivity index (χ1n) is 7.81. The maximum atomic E-state index is 12.1. The average molecular weight is 329 g/mol. The Morgan fingerprint density at radius 3 is 2.42 bits per heavy atom. The minimum atomic E-state index is -0.892. The molecule has 0 saturated carbocycles. The van der Waals surface area contributed by atoms with Crippen LogP contribution in [0, 0.1) is 6.92 Å². The van der Waals surface area contributed by atoms with Crippen molar-refractivity contribution < 1.29 is 14.3 Å². The van der Waals surface area contributed by atoms with Crippen LogP contribution in [0.3, 0.4) is 0 Å². The predicted octanol–water partition coefficient (Wildman–Crippen LogP) is 2.85. The van der Waals surface area contributed by atoms with E-state index in [4.69, 9.17) is 4.74 Å². The molecule has 24 heavy (non-hydrogen) atoms. The number of aromatic nitrogens is 2. The largest absolute Gasteiger partial charge is 0.448 e. The quantitative estimate of drug-likeness (QED) is 0.845. The topological polar surface area (TPSA) is 84.1 Å². The predicted molar refractivity (Wildman–Crippen MR) is 91.5 cm³/mol. The summed E-state index contributed by atoms with van der Waals surface area (Å²) in [5, 5.41) is 9.55. The van der Waals surface area contributed by atoms with Crippen LogP contribution >= 0.6 is 0 Å². The third-order valence-electron chi connectivity index (χ3n) is 3.30. The van der Waals surface area contributed by atoms with Crippen molar-refractivity contribution in [3.8, 4) is 11.3 Å². The molecule has 0 fully saturated rings. The summed E-state index contributed by atoms with van der Waals surface area (Å²) < 4.78 is 5.18. The molecule has 0 saturated heterocycles. The molecule has 0 aliphatic heterocycles. The lowest BCUT2D eigenvalue weighted by Gasteiger charge is -2.22. The number of aromatic amines is 1. The minimum absolute atomic E-state index is 0.140. The van der Waals surface area contributed by atoms with Crippen LogP contribution in [0.15, 0.2) is 30.3 Å². The monoisotopic (exact) mass is 329 g/mol. The fourth-order valence-corrected chi connectivity index (χ4v) is 2.05. The summed E-state index contributed by atoms with van der Waals surface area (Å²) in [5.41, 5.74) is 2.54. The number of esters is 1. The van der Waals surface area contributed by atoms with Crippen LogP contribution in [0.2, 0.25) is 0 Å². The maximum Gasteiger partial charge on any atom is 0.359 e. The highest BCUT2D eigenvalue weighted by Crippen LogP contribution is 2.18. The van der Waals surface area contributed by atoms with Gasteiger partial charge in [-0.15, -0.1) is 0 Å². The van der Waals surface area contributed by atoms with E-state index < -0.39 is 12.1 Å². The van der Waals surface area contributed by atoms with Gasteiger partial charge in [0.15, 0.2) is 11.8 Å². The summed E-state index contributed by atoms with van der Waals surface area (Å²) in [6, 6.07) is 9.45. The van der Waals surface area contributed by atoms with Gasteiger partial charge in [0.2, 0.25) is 0 Å². The summed E-state index contributed by atoms with van der Waals surface area (Å²) in [6.07, 6.45) is -0.892. The molecule has 6 heteroatoms. The summed E-state index contributed by atoms with van der Waals surface area (Å²) >= 11 is 0. The van der Waals surface area contributed by atoms with Crippen molar-refractivity contribution in [3.63, 3.8) is 0 Å². The van der Waals surface area contributed by atoms with E-state index in [1.165, 1.54) is 6.92 Å². The van der Waals surface area contributed by atoms with Crippen molar-refractivity contribution in [1.82, 2.24) is 15.5 Å². The van der Waals surface area contributed by atoms with Crippen LogP contribution < -0.4 is 5.32 Å². The third-order valence-corrected chi connectivity index (χ3v) is 3.30. The van der Waals surface area contributed by atoms with Crippen LogP contribution in [0.25, 0.3) is 11.3 Å². The van der Waals surface area contributed by atoms with E-state index in [1.807, 2.05) is 52.0 Å². The van der Waals surface area contributed by atoms with Crippen LogP contribution in [0.5, 0.6) is 0 Å². The first kappa shape index (κ1) is 17.7. The second kappa shape index (κ2) is 6.86. The van der Waals surface area contributed by atoms with E-state index in [2.05, 4.69) is 15.5 Å². The van der Waals surface area contributed by atoms with Crippen molar-refractivity contribution in [1.29, 1.82) is 0 Å². The normalized spacial score (nSPS) is 12.5. The highest BCUT2D eigenvalue weighted by molar-refractivity contribution is 5.91. The van der Waals surface area contributed by atoms with E-state index in [0.717, 1.165) is 11.1 Å². The molecule has 0 aliphatic rings. The van der Waals surface area contributed by atoms with Crippen molar-refractivity contribution >= 4 is 11.9 Å². The second-order valence-corrected chi connectivity index (χ2v) is 6.82. The highest BCUT2D eigenvalue weighted by atomic mass is 16.5. The van der Waals surface area contributed by atoms with Crippen molar-refractivity contribution in [3.05, 3.63) is 41.6 Å². The zero-order valence-corrected chi connectivity index (χ0v) is 14.6. The Morgan fingerprint density at radius 1 is 1.21 bits per heavy atom. The van der Waals surface area contributed by atoms with E-state index in [9.17, 15) is 9.59 Å². The molecule has 1 atom stereocenters. The second-order valence-electron chi connectivity index (χ2n) is 6.82. The average Bonchev–Trinajstić information content (AvgIpc) is 2.96. The molecular formula is C18H23N3O3. The number of hydrogen-bond donors (Lipinski definition) is 2. The minimum Gasteiger partial charge on any atom is -0.448 e. The lowest BCUT2D eigenvalue weighted by atomic mass is 10.1. The number of H-pyrrole nitrogens is 1. The standard InChI is InChI=1S/C18H23N3O3/c1-11-6-8-13(9-7-11)14-10-15(21-20-14)17(23)24-12(2)16(22)19-18(3,4)5/h6-10,12H,1-5H3,(H,19,22)(H,20,21). The SMILES string of the molecule is Cc1ccc(-c2cc(C(=O)OC(C)C(=O)NC(C)(C)C)n[nH]2)cc1. The number of aryl methyl sites for hydroxylation is 1. The van der Waals surface area contributed by atoms with Crippen LogP contribution in [-0.2, 0) is 9.53 Å². The number of nitrogens with zero attached hydrogens (tertiary/aromatic N) is 1. The van der Waals surface area contributed by atoms with Crippen molar-refractivity contribution in [2.75, 3.05) is 0 Å². The molecule has 2 aromatic rings. The number of carbonyl (C=O) groups is 2. The van der Waals surface area contributed by atoms with Gasteiger partial charge in [-0.2, -0.15) is 5.10 Å². The molecule has 1 aromatic heterocycles. The molecule has 1 heterocycles. The van der Waals surface area contributed by atoms with Gasteiger partial charge in [0.1, 0.15) is 0 Å². The molecule has 1 unspecified atom stereocenters. The van der Waals surface area contributed by atoms with Crippen molar-refractivity contribution in [2.45, 2.75) is 46.3 Å². The van der Waals surface area contributed by atoms with Crippen LogP contribution in [-0.4, -0.2) is 33.7 Å². The maximum absolute atomic E-state index is 12.1. The zero-order chi connectivity index (χ0) is 17.9. The van der Waals surface area contributed by atoms with E-state index in [0.29, 0.717) is 5.69 Å². The number of rotatable bonds is 4. The Bertz CT molecular complexity index is 727. The molecule has 1 amide bonds. The van der Waals surface area contributed by atoms with E-state index >= 15 is 0 Å². The smallest absolute Gasteiger partial charge is 0.359 e. The number of nitrogens with one attached hydrogen (secondary N) is 2. The first-order chi connectivity index (χ1) is 11.2. The Labute approximate surface area is 141 Å². The van der Waals surface area contributed by atoms with Gasteiger partial charge in [-0.3, -0.25) is 9.89 Å². The Kier molecular flexibility index (Phi) is 5.07. The van der Waals surface area contributed by atoms with Gasteiger partial charge in [-0.05, 0) is 46.2 Å². The summed E-state index contributed by atoms with van der Waals surface area (Å²) in [5.74, 6) is -0.980. The Hall–Kier alpha value is -2.63. The van der Waals surface area contributed by atoms with Gasteiger partial charge in [-0.25, -0.2) is 4.79 Å². The molecule has 0 bridgehead atoms. The Morgan fingerprint density at radius 2 is 1.83 bits per heavy atom. The Balaban J connectivity index is 2.03. The summed E-state index contributed by atoms with van der Waals surface area (Å²) in [7, 11) is 0. The first-order valence-corrected chi connectivity index (χ1v) is 7.81. The molecule has 2 rings (SSSR count).